The van der Waals surface area contributed by atoms with Crippen LogP contribution >= 0.6 is 17.0 Å². The third-order valence-corrected chi connectivity index (χ3v) is 2.40. The first-order valence-corrected chi connectivity index (χ1v) is 4.48. The van der Waals surface area contributed by atoms with Gasteiger partial charge in [-0.15, -0.1) is 17.0 Å². The molecule has 1 saturated carbocycles. The minimum Gasteiger partial charge on any atom is -0.389 e. The first kappa shape index (κ1) is 10.8. The molecule has 0 bridgehead atoms. The highest BCUT2D eigenvalue weighted by molar-refractivity contribution is 8.93. The highest BCUT2D eigenvalue weighted by atomic mass is 79.9. The second-order valence-electron chi connectivity index (χ2n) is 3.69. The van der Waals surface area contributed by atoms with Crippen LogP contribution in [0.25, 0.3) is 0 Å². The summed E-state index contributed by atoms with van der Waals surface area (Å²) in [6.45, 7) is 3.36. The summed E-state index contributed by atoms with van der Waals surface area (Å²) in [6.07, 6.45) is 0.927. The van der Waals surface area contributed by atoms with Crippen LogP contribution in [0.5, 0.6) is 0 Å². The lowest BCUT2D eigenvalue weighted by molar-refractivity contribution is 0.180. The molecular weight excluding hydrogens is 234 g/mol. The lowest BCUT2D eigenvalue weighted by Crippen LogP contribution is -2.47. The third kappa shape index (κ3) is 2.84. The molecule has 5 heteroatoms. The minimum atomic E-state index is -0.313. The Hall–Kier alpha value is -0.290. The fraction of sp³-hybridized carbons (Fsp3) is 0.875. The number of rotatable bonds is 1. The van der Waals surface area contributed by atoms with Gasteiger partial charge in [0.25, 0.3) is 0 Å². The van der Waals surface area contributed by atoms with E-state index < -0.39 is 0 Å². The van der Waals surface area contributed by atoms with Crippen molar-refractivity contribution in [2.24, 2.45) is 10.9 Å². The molecule has 0 aromatic rings. The van der Waals surface area contributed by atoms with Crippen LogP contribution in [-0.4, -0.2) is 36.3 Å². The molecule has 0 radical (unpaired) electrons. The molecule has 76 valence electrons. The van der Waals surface area contributed by atoms with Crippen LogP contribution < -0.4 is 10.6 Å². The Labute approximate surface area is 88.6 Å². The van der Waals surface area contributed by atoms with Crippen molar-refractivity contribution in [3.8, 4) is 0 Å². The van der Waals surface area contributed by atoms with Crippen LogP contribution in [0.3, 0.4) is 0 Å². The van der Waals surface area contributed by atoms with E-state index in [0.717, 1.165) is 11.9 Å². The standard InChI is InChI=1S/C8H15N3O.BrH/c1-5-2-7(5)11-8-9-3-6(12)4-10-8;/h5-7,12H,2-4H2,1H3,(H2,9,10,11);1H. The SMILES string of the molecule is Br.CC1CC1NC1=NCC(O)CN1. The van der Waals surface area contributed by atoms with Crippen molar-refractivity contribution in [3.63, 3.8) is 0 Å². The van der Waals surface area contributed by atoms with Crippen LogP contribution in [0.15, 0.2) is 4.99 Å². The number of hydrogen-bond donors (Lipinski definition) is 3. The van der Waals surface area contributed by atoms with Gasteiger partial charge in [0.1, 0.15) is 0 Å². The largest absolute Gasteiger partial charge is 0.389 e. The summed E-state index contributed by atoms with van der Waals surface area (Å²) < 4.78 is 0. The highest BCUT2D eigenvalue weighted by Crippen LogP contribution is 2.28. The van der Waals surface area contributed by atoms with Crippen LogP contribution in [0.2, 0.25) is 0 Å². The zero-order valence-electron chi connectivity index (χ0n) is 7.66. The van der Waals surface area contributed by atoms with E-state index in [2.05, 4.69) is 22.5 Å². The summed E-state index contributed by atoms with van der Waals surface area (Å²) in [5.74, 6) is 1.64. The fourth-order valence-corrected chi connectivity index (χ4v) is 1.33. The second-order valence-corrected chi connectivity index (χ2v) is 3.69. The quantitative estimate of drug-likeness (QED) is 0.608. The molecule has 1 aliphatic carbocycles. The maximum Gasteiger partial charge on any atom is 0.191 e. The summed E-state index contributed by atoms with van der Waals surface area (Å²) in [5, 5.41) is 15.5. The van der Waals surface area contributed by atoms with Gasteiger partial charge in [0.15, 0.2) is 5.96 Å². The summed E-state index contributed by atoms with van der Waals surface area (Å²) in [6, 6.07) is 0.603. The van der Waals surface area contributed by atoms with Gasteiger partial charge in [-0.25, -0.2) is 0 Å². The summed E-state index contributed by atoms with van der Waals surface area (Å²) in [7, 11) is 0. The molecule has 0 aromatic carbocycles. The van der Waals surface area contributed by atoms with Gasteiger partial charge >= 0.3 is 0 Å². The van der Waals surface area contributed by atoms with Gasteiger partial charge in [0, 0.05) is 12.6 Å². The van der Waals surface area contributed by atoms with E-state index in [1.54, 1.807) is 0 Å². The van der Waals surface area contributed by atoms with Gasteiger partial charge in [-0.3, -0.25) is 4.99 Å². The number of aliphatic hydroxyl groups is 1. The van der Waals surface area contributed by atoms with Crippen molar-refractivity contribution in [2.75, 3.05) is 13.1 Å². The predicted molar refractivity (Wildman–Crippen MR) is 57.3 cm³/mol. The molecular formula is C8H16BrN3O. The second kappa shape index (κ2) is 4.28. The molecule has 0 aromatic heterocycles. The summed E-state index contributed by atoms with van der Waals surface area (Å²) >= 11 is 0. The monoisotopic (exact) mass is 249 g/mol. The molecule has 13 heavy (non-hydrogen) atoms. The average Bonchev–Trinajstić information content (AvgIpc) is 2.72. The summed E-state index contributed by atoms with van der Waals surface area (Å²) in [4.78, 5) is 4.17. The molecule has 3 unspecified atom stereocenters. The van der Waals surface area contributed by atoms with Crippen LogP contribution in [0, 0.1) is 5.92 Å². The number of halogens is 1. The van der Waals surface area contributed by atoms with Gasteiger partial charge in [-0.1, -0.05) is 6.92 Å². The maximum absolute atomic E-state index is 9.13. The van der Waals surface area contributed by atoms with E-state index in [1.165, 1.54) is 6.42 Å². The lowest BCUT2D eigenvalue weighted by Gasteiger charge is -2.19. The maximum atomic E-state index is 9.13. The van der Waals surface area contributed by atoms with E-state index in [0.29, 0.717) is 19.1 Å². The molecule has 2 rings (SSSR count). The van der Waals surface area contributed by atoms with Gasteiger partial charge in [-0.2, -0.15) is 0 Å². The number of aliphatic hydroxyl groups excluding tert-OH is 1. The molecule has 3 atom stereocenters. The topological polar surface area (TPSA) is 56.7 Å². The van der Waals surface area contributed by atoms with Crippen LogP contribution in [0.4, 0.5) is 0 Å². The van der Waals surface area contributed by atoms with Crippen LogP contribution in [0.1, 0.15) is 13.3 Å². The zero-order valence-corrected chi connectivity index (χ0v) is 9.37. The average molecular weight is 250 g/mol. The van der Waals surface area contributed by atoms with E-state index >= 15 is 0 Å². The van der Waals surface area contributed by atoms with Gasteiger partial charge < -0.3 is 15.7 Å². The number of guanidine groups is 1. The molecule has 0 spiro atoms. The number of nitrogens with zero attached hydrogens (tertiary/aromatic N) is 1. The molecule has 2 aliphatic rings. The summed E-state index contributed by atoms with van der Waals surface area (Å²) in [5.41, 5.74) is 0. The van der Waals surface area contributed by atoms with E-state index in [9.17, 15) is 0 Å². The Kier molecular flexibility index (Phi) is 3.55. The molecule has 0 saturated heterocycles. The molecule has 4 nitrogen and oxygen atoms in total. The van der Waals surface area contributed by atoms with Gasteiger partial charge in [0.05, 0.1) is 12.6 Å². The Morgan fingerprint density at radius 3 is 2.77 bits per heavy atom. The van der Waals surface area contributed by atoms with Crippen LogP contribution in [-0.2, 0) is 0 Å². The fourth-order valence-electron chi connectivity index (χ4n) is 1.33. The number of β-amino-alcohol motifs (C(OH)–C–C–N with tert-alkyl or cyclic N) is 1. The van der Waals surface area contributed by atoms with E-state index in [1.807, 2.05) is 0 Å². The van der Waals surface area contributed by atoms with Crippen molar-refractivity contribution < 1.29 is 5.11 Å². The normalized spacial score (nSPS) is 36.8. The van der Waals surface area contributed by atoms with Crippen molar-refractivity contribution in [2.45, 2.75) is 25.5 Å². The molecule has 0 amide bonds. The lowest BCUT2D eigenvalue weighted by atomic mass is 10.3. The minimum absolute atomic E-state index is 0. The molecule has 1 heterocycles. The number of aliphatic imine (C=N–C) groups is 1. The first-order chi connectivity index (χ1) is 5.75. The van der Waals surface area contributed by atoms with Gasteiger partial charge in [0.2, 0.25) is 0 Å². The van der Waals surface area contributed by atoms with Crippen molar-refractivity contribution in [1.82, 2.24) is 10.6 Å². The van der Waals surface area contributed by atoms with Crippen molar-refractivity contribution >= 4 is 22.9 Å². The Balaban J connectivity index is 0.000000845. The van der Waals surface area contributed by atoms with Gasteiger partial charge in [-0.05, 0) is 12.3 Å². The highest BCUT2D eigenvalue weighted by Gasteiger charge is 2.33. The Morgan fingerprint density at radius 1 is 1.62 bits per heavy atom. The zero-order chi connectivity index (χ0) is 8.55. The first-order valence-electron chi connectivity index (χ1n) is 4.48. The molecule has 3 N–H and O–H groups in total. The number of nitrogens with one attached hydrogen (secondary N) is 2. The van der Waals surface area contributed by atoms with Crippen molar-refractivity contribution in [3.05, 3.63) is 0 Å². The molecule has 1 aliphatic heterocycles. The Bertz CT molecular complexity index is 210. The third-order valence-electron chi connectivity index (χ3n) is 2.40. The predicted octanol–water partition coefficient (Wildman–Crippen LogP) is -0.118. The van der Waals surface area contributed by atoms with E-state index in [-0.39, 0.29) is 23.1 Å². The Morgan fingerprint density at radius 2 is 2.31 bits per heavy atom. The molecule has 1 fully saturated rings. The number of hydrogen-bond acceptors (Lipinski definition) is 4. The van der Waals surface area contributed by atoms with Crippen molar-refractivity contribution in [1.29, 1.82) is 0 Å². The van der Waals surface area contributed by atoms with E-state index in [4.69, 9.17) is 5.11 Å². The smallest absolute Gasteiger partial charge is 0.191 e.